The van der Waals surface area contributed by atoms with Gasteiger partial charge in [0.15, 0.2) is 0 Å². The highest BCUT2D eigenvalue weighted by molar-refractivity contribution is 7.89. The Balaban J connectivity index is 1.56. The highest BCUT2D eigenvalue weighted by atomic mass is 32.2. The van der Waals surface area contributed by atoms with Crippen molar-refractivity contribution in [1.82, 2.24) is 18.8 Å². The van der Waals surface area contributed by atoms with Gasteiger partial charge in [0, 0.05) is 37.8 Å². The Bertz CT molecular complexity index is 1080. The fourth-order valence-corrected chi connectivity index (χ4v) is 5.34. The van der Waals surface area contributed by atoms with E-state index >= 15 is 0 Å². The van der Waals surface area contributed by atoms with E-state index < -0.39 is 10.0 Å². The summed E-state index contributed by atoms with van der Waals surface area (Å²) in [5.74, 6) is 0.0705. The summed E-state index contributed by atoms with van der Waals surface area (Å²) in [4.78, 5) is 20.3. The third-order valence-corrected chi connectivity index (χ3v) is 7.85. The first-order valence-corrected chi connectivity index (χ1v) is 11.7. The summed E-state index contributed by atoms with van der Waals surface area (Å²) < 4.78 is 27.5. The summed E-state index contributed by atoms with van der Waals surface area (Å²) in [6, 6.07) is 9.97. The second kappa shape index (κ2) is 7.65. The topological polar surface area (TPSA) is 75.5 Å². The Morgan fingerprint density at radius 3 is 2.64 bits per heavy atom. The quantitative estimate of drug-likeness (QED) is 0.637. The highest BCUT2D eigenvalue weighted by Gasteiger charge is 2.28. The van der Waals surface area contributed by atoms with Crippen molar-refractivity contribution in [1.29, 1.82) is 0 Å². The number of carbonyl (C=O) groups excluding carboxylic acids is 1. The molecule has 1 aliphatic heterocycles. The predicted octanol–water partition coefficient (Wildman–Crippen LogP) is 2.26. The molecule has 0 aliphatic carbocycles. The first-order valence-electron chi connectivity index (χ1n) is 9.23. The van der Waals surface area contributed by atoms with Gasteiger partial charge in [0.25, 0.3) is 0 Å². The van der Waals surface area contributed by atoms with Crippen LogP contribution in [0.4, 0.5) is 0 Å². The minimum Gasteiger partial charge on any atom is -0.339 e. The molecule has 0 aromatic carbocycles. The molecule has 1 saturated heterocycles. The smallest absolute Gasteiger partial charge is 0.242 e. The number of thiophene rings is 1. The van der Waals surface area contributed by atoms with E-state index in [1.54, 1.807) is 29.4 Å². The van der Waals surface area contributed by atoms with Crippen molar-refractivity contribution in [2.24, 2.45) is 0 Å². The van der Waals surface area contributed by atoms with Gasteiger partial charge in [-0.05, 0) is 36.6 Å². The van der Waals surface area contributed by atoms with E-state index in [1.165, 1.54) is 4.31 Å². The number of pyridine rings is 1. The molecule has 7 nitrogen and oxygen atoms in total. The van der Waals surface area contributed by atoms with E-state index in [0.717, 1.165) is 21.6 Å². The largest absolute Gasteiger partial charge is 0.339 e. The van der Waals surface area contributed by atoms with Crippen LogP contribution in [0.5, 0.6) is 0 Å². The van der Waals surface area contributed by atoms with Crippen molar-refractivity contribution in [2.75, 3.05) is 31.9 Å². The van der Waals surface area contributed by atoms with Crippen LogP contribution in [0.3, 0.4) is 0 Å². The number of nitrogens with zero attached hydrogens (tertiary/aromatic N) is 4. The van der Waals surface area contributed by atoms with E-state index in [2.05, 4.69) is 11.1 Å². The van der Waals surface area contributed by atoms with E-state index in [4.69, 9.17) is 0 Å². The second-order valence-corrected chi connectivity index (χ2v) is 9.89. The SMILES string of the molecule is CCS(=O)(=O)N1CCN(C(=O)Cn2c(-c3cccs3)cc3cccnc32)CC1. The monoisotopic (exact) mass is 418 g/mol. The maximum Gasteiger partial charge on any atom is 0.242 e. The van der Waals surface area contributed by atoms with Crippen molar-refractivity contribution in [3.05, 3.63) is 41.9 Å². The maximum absolute atomic E-state index is 13.0. The van der Waals surface area contributed by atoms with Crippen molar-refractivity contribution >= 4 is 38.3 Å². The number of aromatic nitrogens is 2. The van der Waals surface area contributed by atoms with Crippen LogP contribution in [0.25, 0.3) is 21.6 Å². The van der Waals surface area contributed by atoms with Crippen LogP contribution in [0, 0.1) is 0 Å². The molecule has 0 bridgehead atoms. The molecule has 0 N–H and O–H groups in total. The molecular weight excluding hydrogens is 396 g/mol. The third-order valence-electron chi connectivity index (χ3n) is 5.07. The summed E-state index contributed by atoms with van der Waals surface area (Å²) in [6.07, 6.45) is 1.73. The fourth-order valence-electron chi connectivity index (χ4n) is 3.51. The normalized spacial score (nSPS) is 16.0. The van der Waals surface area contributed by atoms with Gasteiger partial charge in [-0.15, -0.1) is 11.3 Å². The molecule has 1 aliphatic rings. The number of piperazine rings is 1. The van der Waals surface area contributed by atoms with E-state index in [-0.39, 0.29) is 18.2 Å². The van der Waals surface area contributed by atoms with Crippen LogP contribution in [0.15, 0.2) is 41.9 Å². The Labute approximate surface area is 168 Å². The summed E-state index contributed by atoms with van der Waals surface area (Å²) in [5.41, 5.74) is 1.76. The molecule has 0 saturated carbocycles. The predicted molar refractivity (Wildman–Crippen MR) is 111 cm³/mol. The Kier molecular flexibility index (Phi) is 5.22. The lowest BCUT2D eigenvalue weighted by Gasteiger charge is -2.34. The molecule has 1 amide bonds. The van der Waals surface area contributed by atoms with Crippen molar-refractivity contribution in [3.63, 3.8) is 0 Å². The lowest BCUT2D eigenvalue weighted by atomic mass is 10.3. The number of hydrogen-bond acceptors (Lipinski definition) is 5. The summed E-state index contributed by atoms with van der Waals surface area (Å²) >= 11 is 1.63. The number of hydrogen-bond donors (Lipinski definition) is 0. The molecule has 4 heterocycles. The number of fused-ring (bicyclic) bond motifs is 1. The zero-order chi connectivity index (χ0) is 19.7. The molecule has 9 heteroatoms. The summed E-state index contributed by atoms with van der Waals surface area (Å²) in [5, 5.41) is 3.01. The van der Waals surface area contributed by atoms with Gasteiger partial charge in [0.2, 0.25) is 15.9 Å². The number of amides is 1. The van der Waals surface area contributed by atoms with Gasteiger partial charge in [-0.2, -0.15) is 4.31 Å². The molecule has 1 fully saturated rings. The minimum atomic E-state index is -3.20. The maximum atomic E-state index is 13.0. The van der Waals surface area contributed by atoms with Gasteiger partial charge in [-0.1, -0.05) is 6.07 Å². The molecule has 0 radical (unpaired) electrons. The lowest BCUT2D eigenvalue weighted by molar-refractivity contribution is -0.132. The van der Waals surface area contributed by atoms with E-state index in [9.17, 15) is 13.2 Å². The second-order valence-electron chi connectivity index (χ2n) is 6.69. The Morgan fingerprint density at radius 1 is 1.18 bits per heavy atom. The molecule has 3 aromatic rings. The fraction of sp³-hybridized carbons (Fsp3) is 0.368. The highest BCUT2D eigenvalue weighted by Crippen LogP contribution is 2.30. The summed E-state index contributed by atoms with van der Waals surface area (Å²) in [7, 11) is -3.20. The standard InChI is InChI=1S/C19H22N4O3S2/c1-2-28(25,26)22-10-8-21(9-11-22)18(24)14-23-16(17-6-4-12-27-17)13-15-5-3-7-20-19(15)23/h3-7,12-13H,2,8-11,14H2,1H3. The first kappa shape index (κ1) is 19.1. The minimum absolute atomic E-state index is 0.0190. The molecule has 3 aromatic heterocycles. The number of carbonyl (C=O) groups is 1. The van der Waals surface area contributed by atoms with Gasteiger partial charge in [-0.3, -0.25) is 4.79 Å². The molecule has 0 atom stereocenters. The molecule has 0 spiro atoms. The zero-order valence-electron chi connectivity index (χ0n) is 15.6. The van der Waals surface area contributed by atoms with Crippen LogP contribution in [0.2, 0.25) is 0 Å². The average molecular weight is 419 g/mol. The number of rotatable bonds is 5. The zero-order valence-corrected chi connectivity index (χ0v) is 17.2. The van der Waals surface area contributed by atoms with E-state index in [1.807, 2.05) is 34.2 Å². The molecule has 148 valence electrons. The van der Waals surface area contributed by atoms with Crippen molar-refractivity contribution in [2.45, 2.75) is 13.5 Å². The number of sulfonamides is 1. The molecule has 28 heavy (non-hydrogen) atoms. The van der Waals surface area contributed by atoms with Gasteiger partial charge in [-0.25, -0.2) is 13.4 Å². The van der Waals surface area contributed by atoms with Crippen molar-refractivity contribution in [3.8, 4) is 10.6 Å². The Hall–Kier alpha value is -2.23. The van der Waals surface area contributed by atoms with Gasteiger partial charge >= 0.3 is 0 Å². The van der Waals surface area contributed by atoms with Gasteiger partial charge in [0.05, 0.1) is 16.3 Å². The summed E-state index contributed by atoms with van der Waals surface area (Å²) in [6.45, 7) is 3.37. The first-order chi connectivity index (χ1) is 13.5. The average Bonchev–Trinajstić information content (AvgIpc) is 3.36. The molecule has 4 rings (SSSR count). The van der Waals surface area contributed by atoms with Gasteiger partial charge < -0.3 is 9.47 Å². The van der Waals surface area contributed by atoms with Crippen LogP contribution in [-0.2, 0) is 21.4 Å². The third kappa shape index (κ3) is 3.57. The van der Waals surface area contributed by atoms with Gasteiger partial charge in [0.1, 0.15) is 12.2 Å². The van der Waals surface area contributed by atoms with Crippen LogP contribution >= 0.6 is 11.3 Å². The van der Waals surface area contributed by atoms with Crippen LogP contribution < -0.4 is 0 Å². The van der Waals surface area contributed by atoms with Crippen molar-refractivity contribution < 1.29 is 13.2 Å². The van der Waals surface area contributed by atoms with E-state index in [0.29, 0.717) is 26.2 Å². The molecular formula is C19H22N4O3S2. The van der Waals surface area contributed by atoms with Crippen LogP contribution in [-0.4, -0.2) is 65.0 Å². The Morgan fingerprint density at radius 2 is 1.96 bits per heavy atom. The van der Waals surface area contributed by atoms with Crippen LogP contribution in [0.1, 0.15) is 6.92 Å². The molecule has 0 unspecified atom stereocenters. The lowest BCUT2D eigenvalue weighted by Crippen LogP contribution is -2.51.